The molecule has 2 aromatic rings. The van der Waals surface area contributed by atoms with Gasteiger partial charge in [-0.3, -0.25) is 9.59 Å². The van der Waals surface area contributed by atoms with E-state index in [1.807, 2.05) is 0 Å². The molecule has 0 radical (unpaired) electrons. The van der Waals surface area contributed by atoms with Crippen LogP contribution in [0.4, 0.5) is 17.2 Å². The number of benzene rings is 1. The van der Waals surface area contributed by atoms with Gasteiger partial charge in [-0.05, 0) is 12.1 Å². The van der Waals surface area contributed by atoms with E-state index in [9.17, 15) is 9.59 Å². The monoisotopic (exact) mass is 285 g/mol. The number of hydrogen-bond donors (Lipinski definition) is 2. The Bertz CT molecular complexity index is 687. The van der Waals surface area contributed by atoms with Gasteiger partial charge in [0.2, 0.25) is 5.91 Å². The highest BCUT2D eigenvalue weighted by atomic mass is 16.2. The van der Waals surface area contributed by atoms with Crippen molar-refractivity contribution in [3.63, 3.8) is 0 Å². The second-order valence-corrected chi connectivity index (χ2v) is 4.34. The second kappa shape index (κ2) is 6.00. The van der Waals surface area contributed by atoms with Crippen molar-refractivity contribution in [2.24, 2.45) is 0 Å². The normalized spacial score (nSPS) is 10.0. The number of amides is 2. The van der Waals surface area contributed by atoms with E-state index in [4.69, 9.17) is 5.73 Å². The maximum Gasteiger partial charge on any atom is 0.278 e. The summed E-state index contributed by atoms with van der Waals surface area (Å²) in [6.45, 7) is 1.44. The number of para-hydroxylation sites is 2. The van der Waals surface area contributed by atoms with Crippen molar-refractivity contribution in [2.45, 2.75) is 6.92 Å². The summed E-state index contributed by atoms with van der Waals surface area (Å²) in [5.41, 5.74) is 6.74. The molecule has 2 amide bonds. The molecule has 0 unspecified atom stereocenters. The number of nitrogens with zero attached hydrogens (tertiary/aromatic N) is 3. The van der Waals surface area contributed by atoms with Gasteiger partial charge < -0.3 is 16.0 Å². The molecule has 7 heteroatoms. The first kappa shape index (κ1) is 14.4. The molecule has 1 heterocycles. The van der Waals surface area contributed by atoms with Crippen molar-refractivity contribution in [1.29, 1.82) is 0 Å². The number of aromatic nitrogens is 2. The molecule has 21 heavy (non-hydrogen) atoms. The maximum absolute atomic E-state index is 12.2. The minimum atomic E-state index is -0.481. The zero-order valence-electron chi connectivity index (χ0n) is 11.7. The van der Waals surface area contributed by atoms with Crippen molar-refractivity contribution in [2.75, 3.05) is 23.0 Å². The summed E-state index contributed by atoms with van der Waals surface area (Å²) in [4.78, 5) is 32.8. The fraction of sp³-hybridized carbons (Fsp3) is 0.143. The van der Waals surface area contributed by atoms with Gasteiger partial charge in [0.15, 0.2) is 11.5 Å². The minimum Gasteiger partial charge on any atom is -0.382 e. The van der Waals surface area contributed by atoms with Gasteiger partial charge in [-0.2, -0.15) is 0 Å². The van der Waals surface area contributed by atoms with E-state index < -0.39 is 5.91 Å². The standard InChI is InChI=1S/C14H15N5O2/c1-9(20)19(2)11-6-4-3-5-10(11)18-14(21)12-13(15)17-8-7-16-12/h3-8H,1-2H3,(H2,15,17)(H,18,21). The zero-order chi connectivity index (χ0) is 15.4. The van der Waals surface area contributed by atoms with Gasteiger partial charge in [0.25, 0.3) is 5.91 Å². The Morgan fingerprint density at radius 1 is 1.19 bits per heavy atom. The lowest BCUT2D eigenvalue weighted by atomic mass is 10.2. The molecular weight excluding hydrogens is 270 g/mol. The molecule has 2 rings (SSSR count). The van der Waals surface area contributed by atoms with E-state index in [0.717, 1.165) is 0 Å². The van der Waals surface area contributed by atoms with Crippen LogP contribution >= 0.6 is 0 Å². The Morgan fingerprint density at radius 2 is 1.86 bits per heavy atom. The smallest absolute Gasteiger partial charge is 0.278 e. The van der Waals surface area contributed by atoms with Gasteiger partial charge in [0, 0.05) is 26.4 Å². The summed E-state index contributed by atoms with van der Waals surface area (Å²) in [6, 6.07) is 6.96. The highest BCUT2D eigenvalue weighted by Crippen LogP contribution is 2.25. The van der Waals surface area contributed by atoms with Crippen LogP contribution in [0, 0.1) is 0 Å². The number of hydrogen-bond acceptors (Lipinski definition) is 5. The first-order valence-electron chi connectivity index (χ1n) is 6.22. The lowest BCUT2D eigenvalue weighted by Crippen LogP contribution is -2.25. The minimum absolute atomic E-state index is 0.0396. The lowest BCUT2D eigenvalue weighted by Gasteiger charge is -2.19. The van der Waals surface area contributed by atoms with E-state index in [1.165, 1.54) is 24.2 Å². The van der Waals surface area contributed by atoms with E-state index in [-0.39, 0.29) is 17.4 Å². The Balaban J connectivity index is 2.30. The molecule has 3 N–H and O–H groups in total. The average molecular weight is 285 g/mol. The van der Waals surface area contributed by atoms with E-state index >= 15 is 0 Å². The largest absolute Gasteiger partial charge is 0.382 e. The van der Waals surface area contributed by atoms with Crippen molar-refractivity contribution >= 4 is 29.0 Å². The molecule has 0 aliphatic carbocycles. The maximum atomic E-state index is 12.2. The predicted molar refractivity (Wildman–Crippen MR) is 79.9 cm³/mol. The Morgan fingerprint density at radius 3 is 2.52 bits per heavy atom. The van der Waals surface area contributed by atoms with Crippen molar-refractivity contribution in [3.8, 4) is 0 Å². The summed E-state index contributed by atoms with van der Waals surface area (Å²) < 4.78 is 0. The molecule has 108 valence electrons. The molecule has 7 nitrogen and oxygen atoms in total. The number of nitrogens with two attached hydrogens (primary N) is 1. The van der Waals surface area contributed by atoms with Crippen molar-refractivity contribution < 1.29 is 9.59 Å². The van der Waals surface area contributed by atoms with Crippen LogP contribution in [-0.2, 0) is 4.79 Å². The number of nitrogen functional groups attached to an aromatic ring is 1. The molecule has 0 saturated carbocycles. The first-order chi connectivity index (χ1) is 10.0. The second-order valence-electron chi connectivity index (χ2n) is 4.34. The summed E-state index contributed by atoms with van der Waals surface area (Å²) in [6.07, 6.45) is 2.79. The SMILES string of the molecule is CC(=O)N(C)c1ccccc1NC(=O)c1nccnc1N. The molecule has 0 aliphatic rings. The third kappa shape index (κ3) is 3.14. The van der Waals surface area contributed by atoms with Crippen LogP contribution < -0.4 is 16.0 Å². The molecule has 0 aliphatic heterocycles. The van der Waals surface area contributed by atoms with Crippen molar-refractivity contribution in [1.82, 2.24) is 9.97 Å². The van der Waals surface area contributed by atoms with Crippen LogP contribution in [-0.4, -0.2) is 28.8 Å². The summed E-state index contributed by atoms with van der Waals surface area (Å²) in [5.74, 6) is -0.576. The quantitative estimate of drug-likeness (QED) is 0.885. The van der Waals surface area contributed by atoms with Gasteiger partial charge in [-0.25, -0.2) is 9.97 Å². The van der Waals surface area contributed by atoms with Gasteiger partial charge >= 0.3 is 0 Å². The van der Waals surface area contributed by atoms with Crippen LogP contribution in [0.15, 0.2) is 36.7 Å². The van der Waals surface area contributed by atoms with Crippen LogP contribution in [0.1, 0.15) is 17.4 Å². The zero-order valence-corrected chi connectivity index (χ0v) is 11.7. The molecule has 0 fully saturated rings. The Labute approximate surface area is 121 Å². The van der Waals surface area contributed by atoms with Crippen LogP contribution in [0.3, 0.4) is 0 Å². The lowest BCUT2D eigenvalue weighted by molar-refractivity contribution is -0.116. The molecule has 0 saturated heterocycles. The van der Waals surface area contributed by atoms with Gasteiger partial charge in [0.05, 0.1) is 11.4 Å². The molecule has 1 aromatic heterocycles. The van der Waals surface area contributed by atoms with E-state index in [1.54, 1.807) is 31.3 Å². The van der Waals surface area contributed by atoms with Crippen LogP contribution in [0.5, 0.6) is 0 Å². The third-order valence-electron chi connectivity index (χ3n) is 2.93. The average Bonchev–Trinajstić information content (AvgIpc) is 2.47. The number of carbonyl (C=O) groups excluding carboxylic acids is 2. The van der Waals surface area contributed by atoms with Gasteiger partial charge in [0.1, 0.15) is 0 Å². The highest BCUT2D eigenvalue weighted by Gasteiger charge is 2.16. The number of carbonyl (C=O) groups is 2. The third-order valence-corrected chi connectivity index (χ3v) is 2.93. The fourth-order valence-corrected chi connectivity index (χ4v) is 1.75. The Kier molecular flexibility index (Phi) is 4.13. The summed E-state index contributed by atoms with van der Waals surface area (Å²) >= 11 is 0. The van der Waals surface area contributed by atoms with Gasteiger partial charge in [-0.15, -0.1) is 0 Å². The Hall–Kier alpha value is -2.96. The summed E-state index contributed by atoms with van der Waals surface area (Å²) in [5, 5.41) is 2.69. The number of anilines is 3. The van der Waals surface area contributed by atoms with Gasteiger partial charge in [-0.1, -0.05) is 12.1 Å². The number of nitrogens with one attached hydrogen (secondary N) is 1. The summed E-state index contributed by atoms with van der Waals surface area (Å²) in [7, 11) is 1.63. The molecule has 1 aromatic carbocycles. The van der Waals surface area contributed by atoms with Crippen molar-refractivity contribution in [3.05, 3.63) is 42.4 Å². The molecule has 0 spiro atoms. The van der Waals surface area contributed by atoms with E-state index in [0.29, 0.717) is 11.4 Å². The molecule has 0 atom stereocenters. The first-order valence-corrected chi connectivity index (χ1v) is 6.22. The molecule has 0 bridgehead atoms. The number of rotatable bonds is 3. The van der Waals surface area contributed by atoms with Crippen LogP contribution in [0.2, 0.25) is 0 Å². The highest BCUT2D eigenvalue weighted by molar-refractivity contribution is 6.08. The fourth-order valence-electron chi connectivity index (χ4n) is 1.75. The molecular formula is C14H15N5O2. The predicted octanol–water partition coefficient (Wildman–Crippen LogP) is 1.29. The topological polar surface area (TPSA) is 101 Å². The van der Waals surface area contributed by atoms with E-state index in [2.05, 4.69) is 15.3 Å². The van der Waals surface area contributed by atoms with Crippen LogP contribution in [0.25, 0.3) is 0 Å².